The van der Waals surface area contributed by atoms with E-state index in [1.54, 1.807) is 30.3 Å². The fraction of sp³-hybridized carbons (Fsp3) is 0.409. The molecule has 5 nitrogen and oxygen atoms in total. The van der Waals surface area contributed by atoms with Crippen molar-refractivity contribution in [3.8, 4) is 23.0 Å². The summed E-state index contributed by atoms with van der Waals surface area (Å²) in [4.78, 5) is 12.8. The number of benzene rings is 2. The van der Waals surface area contributed by atoms with Crippen LogP contribution in [0.2, 0.25) is 0 Å². The molecule has 0 saturated heterocycles. The van der Waals surface area contributed by atoms with Crippen LogP contribution < -0.4 is 18.9 Å². The monoisotopic (exact) mass is 387 g/mol. The quantitative estimate of drug-likeness (QED) is 0.672. The molecule has 1 aliphatic heterocycles. The Labute approximate surface area is 164 Å². The molecule has 6 heteroatoms. The van der Waals surface area contributed by atoms with Gasteiger partial charge in [0.25, 0.3) is 0 Å². The van der Waals surface area contributed by atoms with Crippen molar-refractivity contribution < 1.29 is 28.1 Å². The maximum atomic E-state index is 14.6. The number of carbonyl (C=O) groups is 1. The lowest BCUT2D eigenvalue weighted by atomic mass is 9.90. The van der Waals surface area contributed by atoms with Crippen molar-refractivity contribution in [2.45, 2.75) is 38.5 Å². The summed E-state index contributed by atoms with van der Waals surface area (Å²) in [6.45, 7) is 3.71. The molecule has 2 aromatic carbocycles. The summed E-state index contributed by atoms with van der Waals surface area (Å²) in [6, 6.07) is 8.41. The Morgan fingerprint density at radius 2 is 1.75 bits per heavy atom. The topological polar surface area (TPSA) is 54.0 Å². The van der Waals surface area contributed by atoms with Crippen LogP contribution in [0.3, 0.4) is 0 Å². The molecule has 28 heavy (non-hydrogen) atoms. The molecule has 0 aromatic heterocycles. The van der Waals surface area contributed by atoms with Crippen molar-refractivity contribution >= 4 is 5.78 Å². The summed E-state index contributed by atoms with van der Waals surface area (Å²) in [5.74, 6) is 1.79. The smallest absolute Gasteiger partial charge is 0.203 e. The molecule has 1 atom stereocenters. The molecule has 0 radical (unpaired) electrons. The Kier molecular flexibility index (Phi) is 5.49. The van der Waals surface area contributed by atoms with Gasteiger partial charge in [-0.2, -0.15) is 0 Å². The molecule has 1 aliphatic rings. The Balaban J connectivity index is 1.87. The Morgan fingerprint density at radius 3 is 2.32 bits per heavy atom. The molecule has 0 saturated carbocycles. The minimum Gasteiger partial charge on any atom is -0.493 e. The van der Waals surface area contributed by atoms with E-state index in [1.807, 2.05) is 13.8 Å². The number of Topliss-reactive ketones (excluding diaryl/α,β-unsaturated/α-hetero) is 1. The minimum absolute atomic E-state index is 0.124. The summed E-state index contributed by atoms with van der Waals surface area (Å²) < 4.78 is 36.4. The molecular weight excluding hydrogens is 362 g/mol. The Morgan fingerprint density at radius 1 is 1.11 bits per heavy atom. The largest absolute Gasteiger partial charge is 0.493 e. The van der Waals surface area contributed by atoms with E-state index in [0.717, 1.165) is 0 Å². The molecule has 0 bridgehead atoms. The van der Waals surface area contributed by atoms with Gasteiger partial charge in [0, 0.05) is 24.0 Å². The number of hydrogen-bond donors (Lipinski definition) is 0. The molecule has 1 unspecified atom stereocenters. The van der Waals surface area contributed by atoms with Crippen LogP contribution in [0.5, 0.6) is 23.0 Å². The predicted octanol–water partition coefficient (Wildman–Crippen LogP) is 4.71. The van der Waals surface area contributed by atoms with Gasteiger partial charge in [0.1, 0.15) is 17.5 Å². The third-order valence-corrected chi connectivity index (χ3v) is 4.82. The zero-order valence-electron chi connectivity index (χ0n) is 16.8. The van der Waals surface area contributed by atoms with Gasteiger partial charge >= 0.3 is 0 Å². The fourth-order valence-corrected chi connectivity index (χ4v) is 3.47. The van der Waals surface area contributed by atoms with E-state index in [0.29, 0.717) is 39.7 Å². The summed E-state index contributed by atoms with van der Waals surface area (Å²) in [5, 5.41) is 0. The van der Waals surface area contributed by atoms with Crippen molar-refractivity contribution in [3.05, 3.63) is 47.0 Å². The number of methoxy groups -OCH3 is 3. The molecule has 1 heterocycles. The molecule has 0 spiro atoms. The zero-order chi connectivity index (χ0) is 20.5. The van der Waals surface area contributed by atoms with Crippen LogP contribution in [-0.4, -0.2) is 32.7 Å². The van der Waals surface area contributed by atoms with Crippen LogP contribution >= 0.6 is 0 Å². The molecule has 0 N–H and O–H groups in total. The second kappa shape index (κ2) is 7.70. The van der Waals surface area contributed by atoms with E-state index in [4.69, 9.17) is 18.9 Å². The lowest BCUT2D eigenvalue weighted by molar-refractivity contribution is 0.0443. The molecule has 0 amide bonds. The van der Waals surface area contributed by atoms with Gasteiger partial charge in [0.15, 0.2) is 17.3 Å². The maximum absolute atomic E-state index is 14.6. The van der Waals surface area contributed by atoms with Gasteiger partial charge in [-0.3, -0.25) is 4.79 Å². The van der Waals surface area contributed by atoms with Crippen LogP contribution in [0.25, 0.3) is 0 Å². The number of rotatable bonds is 6. The number of hydrogen-bond acceptors (Lipinski definition) is 5. The molecule has 2 aromatic rings. The fourth-order valence-electron chi connectivity index (χ4n) is 3.47. The number of ether oxygens (including phenoxy) is 4. The number of halogens is 1. The van der Waals surface area contributed by atoms with Crippen molar-refractivity contribution in [1.82, 2.24) is 0 Å². The van der Waals surface area contributed by atoms with Gasteiger partial charge in [0.2, 0.25) is 5.75 Å². The van der Waals surface area contributed by atoms with Crippen LogP contribution in [0.15, 0.2) is 30.3 Å². The van der Waals surface area contributed by atoms with Crippen LogP contribution in [0.4, 0.5) is 4.39 Å². The van der Waals surface area contributed by atoms with E-state index in [1.165, 1.54) is 21.3 Å². The van der Waals surface area contributed by atoms with Gasteiger partial charge in [-0.25, -0.2) is 4.39 Å². The van der Waals surface area contributed by atoms with Gasteiger partial charge in [0.05, 0.1) is 21.3 Å². The van der Waals surface area contributed by atoms with Crippen molar-refractivity contribution in [3.63, 3.8) is 0 Å². The van der Waals surface area contributed by atoms with Crippen molar-refractivity contribution in [2.75, 3.05) is 21.3 Å². The molecule has 150 valence electrons. The third-order valence-electron chi connectivity index (χ3n) is 4.82. The normalized spacial score (nSPS) is 17.3. The third kappa shape index (κ3) is 3.91. The first-order chi connectivity index (χ1) is 13.3. The average molecular weight is 387 g/mol. The SMILES string of the molecule is COc1cc(CC(=O)c2ccc3c(c2)C([18F])CC(C)(C)O3)cc(OC)c1OC. The highest BCUT2D eigenvalue weighted by molar-refractivity contribution is 5.98. The summed E-state index contributed by atoms with van der Waals surface area (Å²) in [5.41, 5.74) is 1.02. The van der Waals surface area contributed by atoms with Crippen LogP contribution in [-0.2, 0) is 6.42 Å². The van der Waals surface area contributed by atoms with Crippen LogP contribution in [0, 0.1) is 0 Å². The van der Waals surface area contributed by atoms with Crippen molar-refractivity contribution in [1.29, 1.82) is 0 Å². The van der Waals surface area contributed by atoms with E-state index < -0.39 is 11.8 Å². The van der Waals surface area contributed by atoms with Gasteiger partial charge in [-0.15, -0.1) is 0 Å². The zero-order valence-corrected chi connectivity index (χ0v) is 16.8. The number of alkyl halides is 1. The number of ketones is 1. The minimum atomic E-state index is -1.16. The van der Waals surface area contributed by atoms with E-state index in [-0.39, 0.29) is 18.6 Å². The lowest BCUT2D eigenvalue weighted by Gasteiger charge is -2.34. The second-order valence-corrected chi connectivity index (χ2v) is 7.42. The number of fused-ring (bicyclic) bond motifs is 1. The highest BCUT2D eigenvalue weighted by atomic mass is 18.2. The highest BCUT2D eigenvalue weighted by Crippen LogP contribution is 2.42. The highest BCUT2D eigenvalue weighted by Gasteiger charge is 2.34. The molecule has 3 rings (SSSR count). The standard InChI is InChI=1S/C22H25FO5/c1-22(2)12-16(23)15-11-14(6-7-18(15)28-22)17(24)8-13-9-19(25-3)21(27-5)20(10-13)26-4/h6-7,9-11,16H,8,12H2,1-5H3/i23-1. The Bertz CT molecular complexity index is 865. The summed E-state index contributed by atoms with van der Waals surface area (Å²) in [7, 11) is 4.57. The Hall–Kier alpha value is -2.76. The summed E-state index contributed by atoms with van der Waals surface area (Å²) in [6.07, 6.45) is -0.781. The van der Waals surface area contributed by atoms with E-state index in [2.05, 4.69) is 0 Å². The first-order valence-corrected chi connectivity index (χ1v) is 9.07. The average Bonchev–Trinajstić information content (AvgIpc) is 2.65. The van der Waals surface area contributed by atoms with E-state index in [9.17, 15) is 9.18 Å². The van der Waals surface area contributed by atoms with Gasteiger partial charge < -0.3 is 18.9 Å². The van der Waals surface area contributed by atoms with Crippen molar-refractivity contribution in [2.24, 2.45) is 0 Å². The second-order valence-electron chi connectivity index (χ2n) is 7.42. The lowest BCUT2D eigenvalue weighted by Crippen LogP contribution is -2.33. The van der Waals surface area contributed by atoms with Gasteiger partial charge in [-0.1, -0.05) is 0 Å². The molecular formula is C22H25FO5. The van der Waals surface area contributed by atoms with Crippen LogP contribution in [0.1, 0.15) is 47.9 Å². The maximum Gasteiger partial charge on any atom is 0.203 e. The molecule has 0 fully saturated rings. The number of carbonyl (C=O) groups excluding carboxylic acids is 1. The predicted molar refractivity (Wildman–Crippen MR) is 104 cm³/mol. The van der Waals surface area contributed by atoms with Gasteiger partial charge in [-0.05, 0) is 49.7 Å². The summed E-state index contributed by atoms with van der Waals surface area (Å²) >= 11 is 0. The first-order valence-electron chi connectivity index (χ1n) is 9.07. The molecule has 0 aliphatic carbocycles. The van der Waals surface area contributed by atoms with E-state index >= 15 is 0 Å². The first kappa shape index (κ1) is 20.0.